The lowest BCUT2D eigenvalue weighted by Crippen LogP contribution is -2.26. The number of hydrogen-bond donors (Lipinski definition) is 0. The van der Waals surface area contributed by atoms with E-state index >= 15 is 0 Å². The molecule has 1 amide bonds. The van der Waals surface area contributed by atoms with Crippen LogP contribution >= 0.6 is 22.0 Å². The molecule has 8 heteroatoms. The zero-order valence-corrected chi connectivity index (χ0v) is 10.6. The minimum atomic E-state index is -3.65. The van der Waals surface area contributed by atoms with E-state index in [-0.39, 0.29) is 18.9 Å². The van der Waals surface area contributed by atoms with E-state index < -0.39 is 14.3 Å². The summed E-state index contributed by atoms with van der Waals surface area (Å²) in [5, 5.41) is 1.81. The number of rotatable bonds is 3. The number of aromatic nitrogens is 1. The van der Waals surface area contributed by atoms with Crippen LogP contribution in [0.25, 0.3) is 0 Å². The van der Waals surface area contributed by atoms with Gasteiger partial charge in [-0.3, -0.25) is 4.79 Å². The van der Waals surface area contributed by atoms with Crippen molar-refractivity contribution >= 4 is 37.0 Å². The van der Waals surface area contributed by atoms with Crippen molar-refractivity contribution in [2.45, 2.75) is 18.2 Å². The highest BCUT2D eigenvalue weighted by Gasteiger charge is 2.37. The van der Waals surface area contributed by atoms with Crippen LogP contribution in [-0.2, 0) is 20.4 Å². The molecule has 1 aliphatic rings. The summed E-state index contributed by atoms with van der Waals surface area (Å²) in [5.74, 6) is -0.190. The molecule has 1 aromatic rings. The highest BCUT2D eigenvalue weighted by atomic mass is 35.7. The van der Waals surface area contributed by atoms with Crippen LogP contribution in [-0.4, -0.2) is 36.0 Å². The van der Waals surface area contributed by atoms with E-state index in [1.807, 2.05) is 5.38 Å². The SMILES string of the molecule is O=C1CC(S(=O)(=O)Cl)CN1Cc1nccs1. The Morgan fingerprint density at radius 2 is 2.38 bits per heavy atom. The largest absolute Gasteiger partial charge is 0.335 e. The van der Waals surface area contributed by atoms with Gasteiger partial charge in [0, 0.05) is 35.2 Å². The van der Waals surface area contributed by atoms with Crippen molar-refractivity contribution in [3.63, 3.8) is 0 Å². The molecule has 2 rings (SSSR count). The van der Waals surface area contributed by atoms with Gasteiger partial charge in [-0.05, 0) is 0 Å². The number of halogens is 1. The average molecular weight is 281 g/mol. The van der Waals surface area contributed by atoms with Gasteiger partial charge in [-0.1, -0.05) is 0 Å². The molecular formula is C8H9ClN2O3S2. The number of amides is 1. The molecule has 0 spiro atoms. The molecule has 0 aromatic carbocycles. The second kappa shape index (κ2) is 4.31. The number of thiazole rings is 1. The number of carbonyl (C=O) groups excluding carboxylic acids is 1. The molecular weight excluding hydrogens is 272 g/mol. The van der Waals surface area contributed by atoms with Gasteiger partial charge in [0.25, 0.3) is 0 Å². The quantitative estimate of drug-likeness (QED) is 0.769. The minimum absolute atomic E-state index is 0.0305. The van der Waals surface area contributed by atoms with Crippen LogP contribution in [0.5, 0.6) is 0 Å². The second-order valence-corrected chi connectivity index (χ2v) is 7.39. The Balaban J connectivity index is 2.06. The Morgan fingerprint density at radius 3 is 2.88 bits per heavy atom. The molecule has 2 heterocycles. The van der Waals surface area contributed by atoms with Crippen molar-refractivity contribution in [3.05, 3.63) is 16.6 Å². The molecule has 16 heavy (non-hydrogen) atoms. The van der Waals surface area contributed by atoms with Crippen molar-refractivity contribution in [1.82, 2.24) is 9.88 Å². The van der Waals surface area contributed by atoms with E-state index in [1.54, 1.807) is 6.20 Å². The summed E-state index contributed by atoms with van der Waals surface area (Å²) >= 11 is 1.43. The summed E-state index contributed by atoms with van der Waals surface area (Å²) in [6, 6.07) is 0. The van der Waals surface area contributed by atoms with Crippen molar-refractivity contribution in [1.29, 1.82) is 0 Å². The minimum Gasteiger partial charge on any atom is -0.335 e. The molecule has 0 saturated carbocycles. The molecule has 5 nitrogen and oxygen atoms in total. The summed E-state index contributed by atoms with van der Waals surface area (Å²) in [4.78, 5) is 17.1. The molecule has 0 radical (unpaired) electrons. The van der Waals surface area contributed by atoms with Crippen LogP contribution in [0, 0.1) is 0 Å². The van der Waals surface area contributed by atoms with Crippen LogP contribution in [0.4, 0.5) is 0 Å². The lowest BCUT2D eigenvalue weighted by Gasteiger charge is -2.13. The van der Waals surface area contributed by atoms with Gasteiger partial charge < -0.3 is 4.90 Å². The van der Waals surface area contributed by atoms with Gasteiger partial charge in [0.15, 0.2) is 0 Å². The Bertz CT molecular complexity index is 485. The Hall–Kier alpha value is -0.660. The first-order valence-electron chi connectivity index (χ1n) is 4.56. The molecule has 1 atom stereocenters. The van der Waals surface area contributed by atoms with E-state index in [0.717, 1.165) is 5.01 Å². The van der Waals surface area contributed by atoms with Crippen LogP contribution < -0.4 is 0 Å². The standard InChI is InChI=1S/C8H9ClN2O3S2/c9-16(13,14)6-3-8(12)11(4-6)5-7-10-1-2-15-7/h1-2,6H,3-5H2. The van der Waals surface area contributed by atoms with Crippen molar-refractivity contribution in [3.8, 4) is 0 Å². The molecule has 1 fully saturated rings. The van der Waals surface area contributed by atoms with Gasteiger partial charge in [-0.2, -0.15) is 0 Å². The fourth-order valence-corrected chi connectivity index (χ4v) is 3.26. The molecule has 88 valence electrons. The van der Waals surface area contributed by atoms with E-state index in [4.69, 9.17) is 10.7 Å². The molecule has 0 bridgehead atoms. The van der Waals surface area contributed by atoms with Crippen LogP contribution in [0.1, 0.15) is 11.4 Å². The van der Waals surface area contributed by atoms with Gasteiger partial charge >= 0.3 is 0 Å². The van der Waals surface area contributed by atoms with Gasteiger partial charge in [-0.15, -0.1) is 11.3 Å². The number of nitrogens with zero attached hydrogens (tertiary/aromatic N) is 2. The molecule has 1 aliphatic heterocycles. The first-order valence-corrected chi connectivity index (χ1v) is 7.81. The normalized spacial score (nSPS) is 21.7. The van der Waals surface area contributed by atoms with E-state index in [9.17, 15) is 13.2 Å². The Labute approximate surface area is 101 Å². The molecule has 1 unspecified atom stereocenters. The Kier molecular flexibility index (Phi) is 3.18. The van der Waals surface area contributed by atoms with Crippen LogP contribution in [0.3, 0.4) is 0 Å². The van der Waals surface area contributed by atoms with Crippen molar-refractivity contribution in [2.75, 3.05) is 6.54 Å². The highest BCUT2D eigenvalue weighted by molar-refractivity contribution is 8.14. The van der Waals surface area contributed by atoms with Crippen LogP contribution in [0.15, 0.2) is 11.6 Å². The summed E-state index contributed by atoms with van der Waals surface area (Å²) in [5.41, 5.74) is 0. The van der Waals surface area contributed by atoms with Crippen LogP contribution in [0.2, 0.25) is 0 Å². The summed E-state index contributed by atoms with van der Waals surface area (Å²) in [6.45, 7) is 0.518. The third-order valence-electron chi connectivity index (χ3n) is 2.39. The molecule has 0 aliphatic carbocycles. The average Bonchev–Trinajstić information content (AvgIpc) is 2.76. The first kappa shape index (κ1) is 11.8. The maximum absolute atomic E-state index is 11.5. The predicted octanol–water partition coefficient (Wildman–Crippen LogP) is 0.813. The predicted molar refractivity (Wildman–Crippen MR) is 60.7 cm³/mol. The monoisotopic (exact) mass is 280 g/mol. The second-order valence-electron chi connectivity index (χ2n) is 3.50. The maximum atomic E-state index is 11.5. The van der Waals surface area contributed by atoms with E-state index in [1.165, 1.54) is 16.2 Å². The lowest BCUT2D eigenvalue weighted by molar-refractivity contribution is -0.128. The first-order chi connectivity index (χ1) is 7.47. The highest BCUT2D eigenvalue weighted by Crippen LogP contribution is 2.23. The maximum Gasteiger partial charge on any atom is 0.237 e. The fraction of sp³-hybridized carbons (Fsp3) is 0.500. The summed E-state index contributed by atoms with van der Waals surface area (Å²) < 4.78 is 22.2. The molecule has 1 saturated heterocycles. The van der Waals surface area contributed by atoms with Gasteiger partial charge in [0.1, 0.15) is 10.3 Å². The van der Waals surface area contributed by atoms with Gasteiger partial charge in [0.05, 0.1) is 6.54 Å². The van der Waals surface area contributed by atoms with E-state index in [2.05, 4.69) is 4.98 Å². The topological polar surface area (TPSA) is 67.3 Å². The zero-order chi connectivity index (χ0) is 11.8. The van der Waals surface area contributed by atoms with Gasteiger partial charge in [0.2, 0.25) is 15.0 Å². The summed E-state index contributed by atoms with van der Waals surface area (Å²) in [6.07, 6.45) is 1.62. The number of likely N-dealkylation sites (tertiary alicyclic amines) is 1. The fourth-order valence-electron chi connectivity index (χ4n) is 1.57. The number of hydrogen-bond acceptors (Lipinski definition) is 5. The van der Waals surface area contributed by atoms with E-state index in [0.29, 0.717) is 6.54 Å². The molecule has 0 N–H and O–H groups in total. The summed E-state index contributed by atoms with van der Waals surface area (Å²) in [7, 11) is 1.58. The van der Waals surface area contributed by atoms with Crippen molar-refractivity contribution < 1.29 is 13.2 Å². The molecule has 1 aromatic heterocycles. The smallest absolute Gasteiger partial charge is 0.237 e. The zero-order valence-electron chi connectivity index (χ0n) is 8.17. The van der Waals surface area contributed by atoms with Gasteiger partial charge in [-0.25, -0.2) is 13.4 Å². The Morgan fingerprint density at radius 1 is 1.62 bits per heavy atom. The third kappa shape index (κ3) is 2.53. The lowest BCUT2D eigenvalue weighted by atomic mass is 10.4. The number of carbonyl (C=O) groups is 1. The van der Waals surface area contributed by atoms with Crippen molar-refractivity contribution in [2.24, 2.45) is 0 Å². The third-order valence-corrected chi connectivity index (χ3v) is 5.02.